The molecule has 0 saturated carbocycles. The summed E-state index contributed by atoms with van der Waals surface area (Å²) in [5.41, 5.74) is 3.57. The molecule has 7 aromatic rings. The Kier molecular flexibility index (Phi) is 31.4. The fourth-order valence-corrected chi connectivity index (χ4v) is 9.04. The summed E-state index contributed by atoms with van der Waals surface area (Å²) in [6, 6.07) is 42.1. The van der Waals surface area contributed by atoms with E-state index in [2.05, 4.69) is 35.8 Å². The third-order valence-corrected chi connectivity index (χ3v) is 13.6. The monoisotopic (exact) mass is 1250 g/mol. The van der Waals surface area contributed by atoms with Gasteiger partial charge in [0.15, 0.2) is 11.4 Å². The summed E-state index contributed by atoms with van der Waals surface area (Å²) in [6.07, 6.45) is 3.06. The van der Waals surface area contributed by atoms with Crippen molar-refractivity contribution in [2.75, 3.05) is 48.6 Å². The first-order valence-electron chi connectivity index (χ1n) is 24.1. The number of oxime groups is 2. The number of epoxide rings is 1. The van der Waals surface area contributed by atoms with Gasteiger partial charge in [0.05, 0.1) is 11.5 Å². The third kappa shape index (κ3) is 19.7. The van der Waals surface area contributed by atoms with E-state index in [1.165, 1.54) is 52.7 Å². The average Bonchev–Trinajstić information content (AvgIpc) is 4.47. The molecule has 1 aliphatic rings. The van der Waals surface area contributed by atoms with Crippen molar-refractivity contribution in [2.24, 2.45) is 10.3 Å². The van der Waals surface area contributed by atoms with Gasteiger partial charge in [0, 0.05) is 107 Å². The van der Waals surface area contributed by atoms with Crippen LogP contribution in [-0.4, -0.2) is 158 Å². The number of pyridine rings is 2. The number of aromatic nitrogens is 2. The van der Waals surface area contributed by atoms with Crippen molar-refractivity contribution in [1.82, 2.24) is 20.6 Å². The minimum Gasteiger partial charge on any atom is -0.662 e. The largest absolute Gasteiger partial charge is 1.00 e. The number of likely N-dealkylation sites (N-methyl/N-ethyl adjacent to an activating group) is 2. The Morgan fingerprint density at radius 3 is 1.60 bits per heavy atom. The maximum Gasteiger partial charge on any atom is 1.00 e. The molecule has 0 spiro atoms. The van der Waals surface area contributed by atoms with Crippen LogP contribution in [0.5, 0.6) is 11.8 Å². The van der Waals surface area contributed by atoms with E-state index in [4.69, 9.17) is 66.4 Å². The summed E-state index contributed by atoms with van der Waals surface area (Å²) < 4.78 is 48.8. The van der Waals surface area contributed by atoms with Crippen LogP contribution in [0, 0.1) is 6.92 Å². The number of carbonyl (C=O) groups is 3. The van der Waals surface area contributed by atoms with Crippen LogP contribution < -0.4 is 76.7 Å². The predicted molar refractivity (Wildman–Crippen MR) is 303 cm³/mol. The van der Waals surface area contributed by atoms with Crippen LogP contribution in [0.2, 0.25) is 10.0 Å². The summed E-state index contributed by atoms with van der Waals surface area (Å²) in [4.78, 5) is 54.2. The zero-order valence-corrected chi connectivity index (χ0v) is 55.1. The molecule has 427 valence electrons. The first kappa shape index (κ1) is 72.2. The van der Waals surface area contributed by atoms with E-state index in [0.717, 1.165) is 29.4 Å². The molecule has 1 radical (unpaired) electrons. The standard InChI is InChI=1S/C31H30ClN3O7S.C24H22ClN3O4.CH2O3.CH4O.2K/c1-21-13-15-25(16-14-21)43(38,39)42-20-31(37,23-10-5-4-6-11-23)24-17-27(32)30(34-18-24)41-19-22-9-7-8-12-26(22)28(35-40-3)29(36)33-2;1-26-22(29)21(28-30-2)19-11-7-6-8-16(19)14-31-23-20(25)12-18(13-27-23)24(15-32-24)17-9-4-3-5-10-17;2-1-4-3;1-2;;/h4-18,37H,19-20H2,1-3H3,(H,33,36);3-13H,14-15H2,1-2H3,(H,26,29);1,3H;2H,1H3;;/q;;;;;+1/p-1/b35-28+;28-21+;;;;. The van der Waals surface area contributed by atoms with E-state index in [-0.39, 0.29) is 161 Å². The molecule has 5 aromatic carbocycles. The molecule has 2 amide bonds. The fraction of sp³-hybridized carbons (Fsp3) is 0.211. The Morgan fingerprint density at radius 2 is 1.17 bits per heavy atom. The normalized spacial score (nSPS) is 13.9. The Labute approximate surface area is 575 Å². The molecule has 1 saturated heterocycles. The number of halogens is 2. The fourth-order valence-electron chi connectivity index (χ4n) is 7.66. The second-order valence-electron chi connectivity index (χ2n) is 16.7. The second kappa shape index (κ2) is 36.1. The number of aryl methyl sites for hydroxylation is 1. The van der Waals surface area contributed by atoms with Crippen LogP contribution in [0.3, 0.4) is 0 Å². The molecule has 26 heteroatoms. The van der Waals surface area contributed by atoms with E-state index in [1.54, 1.807) is 79.0 Å². The number of nitrogens with zero attached hydrogens (tertiary/aromatic N) is 4. The van der Waals surface area contributed by atoms with Crippen LogP contribution in [0.25, 0.3) is 0 Å². The summed E-state index contributed by atoms with van der Waals surface area (Å²) in [7, 11) is 2.55. The first-order valence-corrected chi connectivity index (χ1v) is 26.3. The second-order valence-corrected chi connectivity index (χ2v) is 19.2. The molecule has 3 heterocycles. The van der Waals surface area contributed by atoms with Crippen molar-refractivity contribution in [1.29, 1.82) is 0 Å². The Bertz CT molecular complexity index is 3390. The van der Waals surface area contributed by atoms with Crippen molar-refractivity contribution in [3.05, 3.63) is 218 Å². The average molecular weight is 1250 g/mol. The number of benzene rings is 5. The van der Waals surface area contributed by atoms with Gasteiger partial charge in [-0.15, -0.1) is 0 Å². The smallest absolute Gasteiger partial charge is 0.662 e. The molecule has 1 aliphatic heterocycles. The van der Waals surface area contributed by atoms with Gasteiger partial charge in [-0.25, -0.2) is 9.97 Å². The van der Waals surface area contributed by atoms with Gasteiger partial charge in [-0.3, -0.25) is 18.6 Å². The SMILES string of the molecule is CNC(=O)/C(=N/OC)c1ccccc1COc1ncc(C(O)(COS(=O)(=O)c2ccc(C)cc2)c2ccccc2)cc1Cl.CNC(=O)/C(=N/OC)c1ccccc1COc1ncc(C2(c3ccccc3)CO2)cc1Cl.CO.O=CO[O-].[K+].[K]. The third-order valence-electron chi connectivity index (χ3n) is 11.8. The molecule has 0 aliphatic carbocycles. The summed E-state index contributed by atoms with van der Waals surface area (Å²) in [5, 5.41) is 40.5. The van der Waals surface area contributed by atoms with Crippen LogP contribution in [0.15, 0.2) is 173 Å². The maximum absolute atomic E-state index is 12.9. The molecule has 2 aromatic heterocycles. The number of ether oxygens (including phenoxy) is 3. The van der Waals surface area contributed by atoms with E-state index < -0.39 is 33.8 Å². The van der Waals surface area contributed by atoms with E-state index >= 15 is 0 Å². The zero-order chi connectivity index (χ0) is 59.0. The molecule has 1 fully saturated rings. The quantitative estimate of drug-likeness (QED) is 0.0153. The number of amides is 2. The minimum absolute atomic E-state index is 0. The van der Waals surface area contributed by atoms with Gasteiger partial charge in [-0.05, 0) is 53.4 Å². The number of rotatable bonds is 21. The van der Waals surface area contributed by atoms with Crippen molar-refractivity contribution in [3.63, 3.8) is 0 Å². The van der Waals surface area contributed by atoms with Gasteiger partial charge in [0.1, 0.15) is 55.3 Å². The number of carbonyl (C=O) groups excluding carboxylic acids is 3. The molecular weight excluding hydrogens is 1190 g/mol. The van der Waals surface area contributed by atoms with Gasteiger partial charge in [-0.1, -0.05) is 160 Å². The van der Waals surface area contributed by atoms with Crippen LogP contribution >= 0.6 is 23.2 Å². The topological polar surface area (TPSA) is 291 Å². The summed E-state index contributed by atoms with van der Waals surface area (Å²) >= 11 is 13.0. The Morgan fingerprint density at radius 1 is 0.723 bits per heavy atom. The first-order chi connectivity index (χ1) is 39.1. The van der Waals surface area contributed by atoms with Crippen molar-refractivity contribution in [2.45, 2.75) is 36.2 Å². The Balaban J connectivity index is 0.000000401. The van der Waals surface area contributed by atoms with Gasteiger partial charge in [-0.2, -0.15) is 8.42 Å². The van der Waals surface area contributed by atoms with Crippen LogP contribution in [-0.2, 0) is 72.4 Å². The molecule has 2 unspecified atom stereocenters. The van der Waals surface area contributed by atoms with E-state index in [1.807, 2.05) is 61.5 Å². The molecule has 4 N–H and O–H groups in total. The maximum atomic E-state index is 12.9. The van der Waals surface area contributed by atoms with Crippen LogP contribution in [0.4, 0.5) is 0 Å². The van der Waals surface area contributed by atoms with Crippen molar-refractivity contribution in [3.8, 4) is 11.8 Å². The number of aliphatic hydroxyl groups is 2. The summed E-state index contributed by atoms with van der Waals surface area (Å²) in [5.74, 6) is -0.467. The number of aliphatic hydroxyl groups excluding tert-OH is 1. The van der Waals surface area contributed by atoms with Gasteiger partial charge in [0.25, 0.3) is 28.4 Å². The van der Waals surface area contributed by atoms with E-state index in [0.29, 0.717) is 39.8 Å². The number of hydrogen-bond donors (Lipinski definition) is 4. The van der Waals surface area contributed by atoms with Crippen molar-refractivity contribution >= 4 is 114 Å². The van der Waals surface area contributed by atoms with Crippen molar-refractivity contribution < 1.29 is 123 Å². The van der Waals surface area contributed by atoms with E-state index in [9.17, 15) is 23.1 Å². The molecular formula is C57H57Cl2K2N6O15S. The minimum atomic E-state index is -4.19. The summed E-state index contributed by atoms with van der Waals surface area (Å²) in [6.45, 7) is 1.71. The van der Waals surface area contributed by atoms with Gasteiger partial charge in [0.2, 0.25) is 11.8 Å². The number of nitrogens with one attached hydrogen (secondary N) is 2. The van der Waals surface area contributed by atoms with Crippen LogP contribution in [0.1, 0.15) is 50.1 Å². The molecule has 21 nitrogen and oxygen atoms in total. The zero-order valence-electron chi connectivity index (χ0n) is 46.6. The Hall–Kier alpha value is -5.05. The molecule has 83 heavy (non-hydrogen) atoms. The molecule has 8 rings (SSSR count). The number of hydrogen-bond acceptors (Lipinski definition) is 19. The molecule has 2 atom stereocenters. The molecule has 0 bridgehead atoms. The van der Waals surface area contributed by atoms with Gasteiger partial charge >= 0.3 is 51.4 Å². The predicted octanol–water partition coefficient (Wildman–Crippen LogP) is 2.71. The van der Waals surface area contributed by atoms with Gasteiger partial charge < -0.3 is 54.9 Å².